The van der Waals surface area contributed by atoms with Crippen molar-refractivity contribution in [3.63, 3.8) is 0 Å². The number of hydrogen-bond donors (Lipinski definition) is 2. The second-order valence-electron chi connectivity index (χ2n) is 7.71. The number of nitrogens with one attached hydrogen (secondary N) is 1. The number of carbonyl (C=O) groups is 1. The van der Waals surface area contributed by atoms with Gasteiger partial charge in [-0.2, -0.15) is 0 Å². The Hall–Kier alpha value is -1.18. The van der Waals surface area contributed by atoms with E-state index in [0.717, 1.165) is 17.4 Å². The van der Waals surface area contributed by atoms with Crippen LogP contribution in [0.2, 0.25) is 0 Å². The van der Waals surface area contributed by atoms with Crippen LogP contribution in [0.1, 0.15) is 57.1 Å². The van der Waals surface area contributed by atoms with Gasteiger partial charge in [-0.1, -0.05) is 74.6 Å². The van der Waals surface area contributed by atoms with Crippen molar-refractivity contribution in [1.82, 2.24) is 5.32 Å². The molecule has 0 radical (unpaired) electrons. The predicted octanol–water partition coefficient (Wildman–Crippen LogP) is 5.05. The van der Waals surface area contributed by atoms with Crippen molar-refractivity contribution in [2.75, 3.05) is 0 Å². The molecular formula is C22H29IN2O2. The quantitative estimate of drug-likeness (QED) is 0.546. The molecule has 0 aromatic heterocycles. The molecule has 3 N–H and O–H groups in total. The Bertz CT molecular complexity index is 756. The molecule has 0 aliphatic heterocycles. The van der Waals surface area contributed by atoms with Gasteiger partial charge in [0, 0.05) is 6.04 Å². The number of fused-ring (bicyclic) bond motifs is 1. The molecule has 27 heavy (non-hydrogen) atoms. The zero-order chi connectivity index (χ0) is 19.2. The Morgan fingerprint density at radius 1 is 1.19 bits per heavy atom. The summed E-state index contributed by atoms with van der Waals surface area (Å²) in [6.07, 6.45) is 6.54. The largest absolute Gasteiger partial charge is 0.347 e. The van der Waals surface area contributed by atoms with Crippen LogP contribution < -0.4 is 11.1 Å². The molecule has 146 valence electrons. The molecule has 0 saturated heterocycles. The molecule has 1 aliphatic carbocycles. The monoisotopic (exact) mass is 480 g/mol. The normalized spacial score (nSPS) is 18.8. The minimum atomic E-state index is -0.620. The van der Waals surface area contributed by atoms with Gasteiger partial charge in [0.2, 0.25) is 0 Å². The number of halogens is 1. The minimum Gasteiger partial charge on any atom is -0.347 e. The van der Waals surface area contributed by atoms with Crippen molar-refractivity contribution in [3.05, 3.63) is 48.0 Å². The topological polar surface area (TPSA) is 64.3 Å². The van der Waals surface area contributed by atoms with Crippen molar-refractivity contribution >= 4 is 39.7 Å². The first-order chi connectivity index (χ1) is 13.1. The summed E-state index contributed by atoms with van der Waals surface area (Å²) < 4.78 is 5.47. The maximum absolute atomic E-state index is 12.9. The fraction of sp³-hybridized carbons (Fsp3) is 0.500. The van der Waals surface area contributed by atoms with Crippen LogP contribution in [0.5, 0.6) is 0 Å². The zero-order valence-electron chi connectivity index (χ0n) is 15.9. The average molecular weight is 480 g/mol. The lowest BCUT2D eigenvalue weighted by Crippen LogP contribution is -2.48. The van der Waals surface area contributed by atoms with Crippen LogP contribution in [-0.4, -0.2) is 18.1 Å². The third-order valence-corrected chi connectivity index (χ3v) is 6.27. The Labute approximate surface area is 175 Å². The molecule has 1 fully saturated rings. The van der Waals surface area contributed by atoms with Gasteiger partial charge in [0.05, 0.1) is 6.04 Å². The number of rotatable bonds is 7. The number of benzene rings is 2. The van der Waals surface area contributed by atoms with Crippen LogP contribution in [0.3, 0.4) is 0 Å². The third kappa shape index (κ3) is 5.21. The van der Waals surface area contributed by atoms with Gasteiger partial charge in [0.1, 0.15) is 23.0 Å². The lowest BCUT2D eigenvalue weighted by molar-refractivity contribution is -0.128. The van der Waals surface area contributed by atoms with E-state index in [1.165, 1.54) is 37.5 Å². The molecule has 3 atom stereocenters. The van der Waals surface area contributed by atoms with Gasteiger partial charge in [-0.3, -0.25) is 4.79 Å². The standard InChI is InChI=1S/C22H29IN2O2/c1-15(18-13-7-11-17-10-5-6-12-19(17)18)25-22(26)21(27-23)20(24)14-16-8-3-2-4-9-16/h5-7,10-13,15-16,20-21H,2-4,8-9,14,24H2,1H3,(H,25,26)/t15?,20-,21?/m1/s1. The highest BCUT2D eigenvalue weighted by Gasteiger charge is 2.30. The highest BCUT2D eigenvalue weighted by Crippen LogP contribution is 2.29. The van der Waals surface area contributed by atoms with E-state index < -0.39 is 6.10 Å². The van der Waals surface area contributed by atoms with Crippen LogP contribution in [-0.2, 0) is 7.86 Å². The summed E-state index contributed by atoms with van der Waals surface area (Å²) in [6, 6.07) is 14.0. The van der Waals surface area contributed by atoms with Crippen LogP contribution in [0.25, 0.3) is 10.8 Å². The lowest BCUT2D eigenvalue weighted by Gasteiger charge is -2.28. The molecule has 0 spiro atoms. The van der Waals surface area contributed by atoms with E-state index in [1.54, 1.807) is 0 Å². The van der Waals surface area contributed by atoms with E-state index in [9.17, 15) is 4.79 Å². The smallest absolute Gasteiger partial charge is 0.252 e. The van der Waals surface area contributed by atoms with Crippen LogP contribution in [0.4, 0.5) is 0 Å². The molecule has 1 aliphatic rings. The van der Waals surface area contributed by atoms with Crippen molar-refractivity contribution in [1.29, 1.82) is 0 Å². The summed E-state index contributed by atoms with van der Waals surface area (Å²) in [5.74, 6) is 0.485. The summed E-state index contributed by atoms with van der Waals surface area (Å²) in [5.41, 5.74) is 7.48. The fourth-order valence-corrected chi connectivity index (χ4v) is 4.84. The second kappa shape index (κ2) is 9.85. The first kappa shape index (κ1) is 20.6. The molecule has 2 aromatic carbocycles. The Morgan fingerprint density at radius 3 is 2.63 bits per heavy atom. The lowest BCUT2D eigenvalue weighted by atomic mass is 9.84. The number of nitrogens with two attached hydrogens (primary N) is 1. The zero-order valence-corrected chi connectivity index (χ0v) is 18.0. The Morgan fingerprint density at radius 2 is 1.89 bits per heavy atom. The van der Waals surface area contributed by atoms with Crippen LogP contribution in [0, 0.1) is 5.92 Å². The van der Waals surface area contributed by atoms with E-state index in [2.05, 4.69) is 29.6 Å². The highest BCUT2D eigenvalue weighted by atomic mass is 127. The SMILES string of the molecule is CC(NC(=O)C(OI)[C@H](N)CC1CCCCC1)c1cccc2ccccc12. The molecule has 2 aromatic rings. The Balaban J connectivity index is 1.66. The van der Waals surface area contributed by atoms with Gasteiger partial charge in [-0.25, -0.2) is 0 Å². The molecule has 1 amide bonds. The van der Waals surface area contributed by atoms with Crippen molar-refractivity contribution in [2.24, 2.45) is 11.7 Å². The van der Waals surface area contributed by atoms with Gasteiger partial charge in [0.15, 0.2) is 6.10 Å². The third-order valence-electron chi connectivity index (χ3n) is 5.72. The maximum atomic E-state index is 12.9. The van der Waals surface area contributed by atoms with E-state index in [4.69, 9.17) is 8.80 Å². The molecule has 2 unspecified atom stereocenters. The number of carbonyl (C=O) groups excluding carboxylic acids is 1. The summed E-state index contributed by atoms with van der Waals surface area (Å²) in [6.45, 7) is 2.01. The first-order valence-electron chi connectivity index (χ1n) is 9.91. The minimum absolute atomic E-state index is 0.112. The molecule has 0 heterocycles. The fourth-order valence-electron chi connectivity index (χ4n) is 4.23. The van der Waals surface area contributed by atoms with Crippen LogP contribution >= 0.6 is 23.0 Å². The Kier molecular flexibility index (Phi) is 7.49. The maximum Gasteiger partial charge on any atom is 0.252 e. The predicted molar refractivity (Wildman–Crippen MR) is 119 cm³/mol. The molecule has 4 nitrogen and oxygen atoms in total. The summed E-state index contributed by atoms with van der Waals surface area (Å²) >= 11 is 1.81. The van der Waals surface area contributed by atoms with Crippen molar-refractivity contribution < 1.29 is 7.86 Å². The molecule has 1 saturated carbocycles. The number of amides is 1. The summed E-state index contributed by atoms with van der Waals surface area (Å²) in [5, 5.41) is 5.44. The van der Waals surface area contributed by atoms with Gasteiger partial charge in [0.25, 0.3) is 5.91 Å². The van der Waals surface area contributed by atoms with Gasteiger partial charge in [-0.05, 0) is 35.6 Å². The molecule has 0 bridgehead atoms. The van der Waals surface area contributed by atoms with Crippen LogP contribution in [0.15, 0.2) is 42.5 Å². The summed E-state index contributed by atoms with van der Waals surface area (Å²) in [4.78, 5) is 12.9. The molecule has 5 heteroatoms. The van der Waals surface area contributed by atoms with Crippen molar-refractivity contribution in [3.8, 4) is 0 Å². The second-order valence-corrected chi connectivity index (χ2v) is 8.22. The molecular weight excluding hydrogens is 451 g/mol. The van der Waals surface area contributed by atoms with E-state index in [0.29, 0.717) is 5.92 Å². The molecule has 3 rings (SSSR count). The first-order valence-corrected chi connectivity index (χ1v) is 10.8. The van der Waals surface area contributed by atoms with E-state index >= 15 is 0 Å². The van der Waals surface area contributed by atoms with E-state index in [1.807, 2.05) is 48.1 Å². The number of hydrogen-bond acceptors (Lipinski definition) is 3. The highest BCUT2D eigenvalue weighted by molar-refractivity contribution is 14.1. The van der Waals surface area contributed by atoms with Gasteiger partial charge < -0.3 is 14.1 Å². The van der Waals surface area contributed by atoms with Gasteiger partial charge >= 0.3 is 0 Å². The van der Waals surface area contributed by atoms with Gasteiger partial charge in [-0.15, -0.1) is 0 Å². The van der Waals surface area contributed by atoms with Crippen molar-refractivity contribution in [2.45, 2.75) is 63.6 Å². The summed E-state index contributed by atoms with van der Waals surface area (Å²) in [7, 11) is 0. The van der Waals surface area contributed by atoms with E-state index in [-0.39, 0.29) is 18.0 Å². The average Bonchev–Trinajstić information content (AvgIpc) is 2.68.